The van der Waals surface area contributed by atoms with Crippen LogP contribution in [0, 0.1) is 0 Å². The molecule has 1 spiro atoms. The second-order valence-corrected chi connectivity index (χ2v) is 15.6. The number of anilines is 1. The van der Waals surface area contributed by atoms with Crippen LogP contribution in [0.15, 0.2) is 30.6 Å². The van der Waals surface area contributed by atoms with E-state index in [1.54, 1.807) is 0 Å². The monoisotopic (exact) mass is 599 g/mol. The second-order valence-electron chi connectivity index (χ2n) is 10.6. The number of nitrogens with zero attached hydrogens (tertiary/aromatic N) is 5. The molecule has 5 N–H and O–H groups in total. The van der Waals surface area contributed by atoms with Gasteiger partial charge in [-0.05, 0) is 42.0 Å². The molecule has 3 aliphatic rings. The molecule has 0 amide bonds. The molecule has 0 radical (unpaired) electrons. The first-order valence-electron chi connectivity index (χ1n) is 12.5. The van der Waals surface area contributed by atoms with Crippen molar-refractivity contribution >= 4 is 43.5 Å². The fraction of sp³-hybridized carbons (Fsp3) is 0.522. The zero-order valence-corrected chi connectivity index (χ0v) is 23.2. The quantitative estimate of drug-likeness (QED) is 0.195. The third kappa shape index (κ3) is 4.94. The van der Waals surface area contributed by atoms with Crippen molar-refractivity contribution in [1.29, 1.82) is 0 Å². The van der Waals surface area contributed by atoms with Crippen molar-refractivity contribution in [2.24, 2.45) is 0 Å². The predicted octanol–water partition coefficient (Wildman–Crippen LogP) is 1.60. The molecule has 6 rings (SSSR count). The number of benzene rings is 1. The molecule has 0 bridgehead atoms. The molecule has 5 atom stereocenters. The lowest BCUT2D eigenvalue weighted by Crippen LogP contribution is -2.58. The fourth-order valence-corrected chi connectivity index (χ4v) is 9.78. The first kappa shape index (κ1) is 27.3. The van der Waals surface area contributed by atoms with E-state index in [2.05, 4.69) is 44.1 Å². The van der Waals surface area contributed by atoms with Crippen molar-refractivity contribution in [3.05, 3.63) is 47.0 Å². The summed E-state index contributed by atoms with van der Waals surface area (Å²) in [5.41, 5.74) is 3.53. The number of hydrogen-bond donors (Lipinski definition) is 5. The van der Waals surface area contributed by atoms with Gasteiger partial charge in [0.1, 0.15) is 18.1 Å². The normalized spacial score (nSPS) is 27.6. The number of imidazole rings is 1. The molecule has 3 aromatic rings. The lowest BCUT2D eigenvalue weighted by atomic mass is 9.75. The maximum atomic E-state index is 12.2. The van der Waals surface area contributed by atoms with Crippen LogP contribution in [0.3, 0.4) is 0 Å². The van der Waals surface area contributed by atoms with Crippen LogP contribution in [0.1, 0.15) is 30.2 Å². The largest absolute Gasteiger partial charge is 0.388 e. The van der Waals surface area contributed by atoms with Gasteiger partial charge in [-0.25, -0.2) is 4.98 Å². The summed E-state index contributed by atoms with van der Waals surface area (Å²) in [6, 6.07) is 8.46. The summed E-state index contributed by atoms with van der Waals surface area (Å²) in [7, 11) is -8.89. The van der Waals surface area contributed by atoms with E-state index in [9.17, 15) is 24.2 Å². The van der Waals surface area contributed by atoms with Crippen LogP contribution in [0.5, 0.6) is 0 Å². The smallest absolute Gasteiger partial charge is 0.335 e. The molecule has 2 aliphatic heterocycles. The summed E-state index contributed by atoms with van der Waals surface area (Å²) in [6.07, 6.45) is -2.24. The third-order valence-electron chi connectivity index (χ3n) is 7.90. The van der Waals surface area contributed by atoms with Gasteiger partial charge >= 0.3 is 7.60 Å². The standard InChI is InChI=1S/C23H28ClN5O8P2/c24-22-26-19(28-9-23(10-28)7-5-13-3-1-2-4-14(13)23)16-20(27-22)29(11-25-16)21-18(31)17(30)15(37-21)6-8-38(32,33)12-39(34,35)36/h1-4,11,15,17-18,21,30-31H,5-10,12H2,(H,32,33)(H2,34,35,36)/t15-,17+,18?,21-/m1/s1. The van der Waals surface area contributed by atoms with Gasteiger partial charge in [0, 0.05) is 24.7 Å². The Balaban J connectivity index is 1.22. The first-order valence-corrected chi connectivity index (χ1v) is 16.7. The van der Waals surface area contributed by atoms with Gasteiger partial charge in [-0.3, -0.25) is 13.7 Å². The second kappa shape index (κ2) is 9.58. The maximum absolute atomic E-state index is 12.2. The lowest BCUT2D eigenvalue weighted by molar-refractivity contribution is -0.0354. The van der Waals surface area contributed by atoms with E-state index >= 15 is 0 Å². The number of ether oxygens (including phenoxy) is 1. The van der Waals surface area contributed by atoms with Crippen LogP contribution in [0.25, 0.3) is 11.2 Å². The molecule has 1 aromatic carbocycles. The molecule has 2 aromatic heterocycles. The summed E-state index contributed by atoms with van der Waals surface area (Å²) in [5, 5.41) is 21.3. The minimum atomic E-state index is -4.70. The average Bonchev–Trinajstić information content (AvgIpc) is 3.50. The third-order valence-corrected chi connectivity index (χ3v) is 12.3. The Morgan fingerprint density at radius 2 is 1.85 bits per heavy atom. The predicted molar refractivity (Wildman–Crippen MR) is 141 cm³/mol. The number of fused-ring (bicyclic) bond motifs is 3. The number of aryl methyl sites for hydroxylation is 1. The molecule has 39 heavy (non-hydrogen) atoms. The molecule has 210 valence electrons. The number of aliphatic hydroxyl groups is 2. The zero-order chi connectivity index (χ0) is 27.7. The van der Waals surface area contributed by atoms with Crippen LogP contribution in [0.2, 0.25) is 5.28 Å². The molecule has 2 unspecified atom stereocenters. The van der Waals surface area contributed by atoms with Crippen LogP contribution in [-0.2, 0) is 25.7 Å². The Bertz CT molecular complexity index is 1530. The Morgan fingerprint density at radius 3 is 2.59 bits per heavy atom. The minimum absolute atomic E-state index is 0.0183. The summed E-state index contributed by atoms with van der Waals surface area (Å²) in [4.78, 5) is 43.3. The van der Waals surface area contributed by atoms with Crippen LogP contribution >= 0.6 is 26.6 Å². The van der Waals surface area contributed by atoms with Crippen molar-refractivity contribution in [1.82, 2.24) is 19.5 Å². The molecule has 16 heteroatoms. The Morgan fingerprint density at radius 1 is 1.10 bits per heavy atom. The van der Waals surface area contributed by atoms with E-state index in [1.165, 1.54) is 22.0 Å². The Hall–Kier alpha value is -1.92. The summed E-state index contributed by atoms with van der Waals surface area (Å²) >= 11 is 6.30. The summed E-state index contributed by atoms with van der Waals surface area (Å²) in [5.74, 6) is -0.607. The number of halogens is 1. The highest BCUT2D eigenvalue weighted by Crippen LogP contribution is 2.55. The zero-order valence-electron chi connectivity index (χ0n) is 20.6. The summed E-state index contributed by atoms with van der Waals surface area (Å²) < 4.78 is 30.6. The highest BCUT2D eigenvalue weighted by atomic mass is 35.5. The number of rotatable bonds is 7. The first-order chi connectivity index (χ1) is 18.4. The number of aliphatic hydroxyl groups excluding tert-OH is 2. The van der Waals surface area contributed by atoms with Gasteiger partial charge in [0.2, 0.25) is 12.7 Å². The molecular weight excluding hydrogens is 572 g/mol. The fourth-order valence-electron chi connectivity index (χ4n) is 6.09. The van der Waals surface area contributed by atoms with Gasteiger partial charge in [0.15, 0.2) is 23.2 Å². The van der Waals surface area contributed by atoms with Crippen molar-refractivity contribution in [2.45, 2.75) is 49.2 Å². The van der Waals surface area contributed by atoms with Gasteiger partial charge in [-0.1, -0.05) is 24.3 Å². The molecule has 13 nitrogen and oxygen atoms in total. The summed E-state index contributed by atoms with van der Waals surface area (Å²) in [6.45, 7) is 1.50. The van der Waals surface area contributed by atoms with E-state index in [0.29, 0.717) is 17.0 Å². The van der Waals surface area contributed by atoms with Gasteiger partial charge in [0.05, 0.1) is 12.4 Å². The van der Waals surface area contributed by atoms with Gasteiger partial charge in [-0.15, -0.1) is 0 Å². The van der Waals surface area contributed by atoms with E-state index in [-0.39, 0.29) is 17.1 Å². The molecule has 2 fully saturated rings. The van der Waals surface area contributed by atoms with Crippen LogP contribution < -0.4 is 4.90 Å². The minimum Gasteiger partial charge on any atom is -0.388 e. The molecular formula is C23H28ClN5O8P2. The van der Waals surface area contributed by atoms with E-state index in [1.807, 2.05) is 0 Å². The van der Waals surface area contributed by atoms with Gasteiger partial charge in [-0.2, -0.15) is 9.97 Å². The molecule has 4 heterocycles. The maximum Gasteiger partial charge on any atom is 0.335 e. The number of aromatic nitrogens is 4. The lowest BCUT2D eigenvalue weighted by Gasteiger charge is -2.49. The highest BCUT2D eigenvalue weighted by Gasteiger charge is 2.50. The molecule has 1 aliphatic carbocycles. The van der Waals surface area contributed by atoms with Crippen molar-refractivity contribution in [3.8, 4) is 0 Å². The number of hydrogen-bond acceptors (Lipinski definition) is 9. The van der Waals surface area contributed by atoms with Crippen molar-refractivity contribution in [3.63, 3.8) is 0 Å². The molecule has 0 saturated carbocycles. The SMILES string of the molecule is O=P(O)(O)CP(=O)(O)CC[C@H]1O[C@@H](n2cnc3c(N4CC5(CCc6ccccc65)C4)nc(Cl)nc32)C(O)[C@H]1O. The van der Waals surface area contributed by atoms with E-state index in [0.717, 1.165) is 25.9 Å². The molecule has 2 saturated heterocycles. The van der Waals surface area contributed by atoms with E-state index in [4.69, 9.17) is 26.1 Å². The van der Waals surface area contributed by atoms with Gasteiger partial charge < -0.3 is 34.5 Å². The Kier molecular flexibility index (Phi) is 6.70. The highest BCUT2D eigenvalue weighted by molar-refractivity contribution is 7.72. The van der Waals surface area contributed by atoms with Crippen LogP contribution in [-0.4, -0.2) is 87.9 Å². The average molecular weight is 600 g/mol. The van der Waals surface area contributed by atoms with Crippen molar-refractivity contribution < 1.29 is 38.8 Å². The van der Waals surface area contributed by atoms with Crippen molar-refractivity contribution in [2.75, 3.05) is 30.1 Å². The van der Waals surface area contributed by atoms with Crippen LogP contribution in [0.4, 0.5) is 5.82 Å². The Labute approximate surface area is 228 Å². The topological polar surface area (TPSA) is 191 Å². The van der Waals surface area contributed by atoms with E-state index < -0.39 is 51.6 Å². The van der Waals surface area contributed by atoms with Gasteiger partial charge in [0.25, 0.3) is 0 Å².